The van der Waals surface area contributed by atoms with Gasteiger partial charge in [0, 0.05) is 6.20 Å². The van der Waals surface area contributed by atoms with Gasteiger partial charge in [-0.25, -0.2) is 4.79 Å². The molecule has 0 bridgehead atoms. The highest BCUT2D eigenvalue weighted by Gasteiger charge is 2.14. The van der Waals surface area contributed by atoms with E-state index in [2.05, 4.69) is 4.98 Å². The molecule has 1 aromatic rings. The molecule has 3 rings (SSSR count). The van der Waals surface area contributed by atoms with Crippen molar-refractivity contribution in [2.75, 3.05) is 0 Å². The maximum atomic E-state index is 10.9. The second kappa shape index (κ2) is 3.06. The molecule has 1 N–H and O–H groups in total. The van der Waals surface area contributed by atoms with Gasteiger partial charge in [-0.2, -0.15) is 0 Å². The summed E-state index contributed by atoms with van der Waals surface area (Å²) in [6.07, 6.45) is 3.62. The molecule has 1 aliphatic carbocycles. The lowest BCUT2D eigenvalue weighted by molar-refractivity contribution is 0.0697. The van der Waals surface area contributed by atoms with Gasteiger partial charge in [-0.05, 0) is 24.3 Å². The molecule has 4 nitrogen and oxygen atoms in total. The lowest BCUT2D eigenvalue weighted by Crippen LogP contribution is -1.94. The van der Waals surface area contributed by atoms with Crippen molar-refractivity contribution in [2.24, 2.45) is 0 Å². The average molecular weight is 212 g/mol. The van der Waals surface area contributed by atoms with Crippen LogP contribution in [0.25, 0.3) is 16.9 Å². The van der Waals surface area contributed by atoms with Gasteiger partial charge in [-0.3, -0.25) is 4.98 Å². The maximum absolute atomic E-state index is 10.9. The van der Waals surface area contributed by atoms with Gasteiger partial charge in [-0.15, -0.1) is 0 Å². The van der Waals surface area contributed by atoms with Gasteiger partial charge in [0.25, 0.3) is 0 Å². The molecule has 78 valence electrons. The zero-order chi connectivity index (χ0) is 11.1. The lowest BCUT2D eigenvalue weighted by Gasteiger charge is -2.05. The molecular weight excluding hydrogens is 204 g/mol. The highest BCUT2D eigenvalue weighted by atomic mass is 16.4. The fourth-order valence-corrected chi connectivity index (χ4v) is 1.82. The Bertz CT molecular complexity index is 657. The number of nitrogens with zero attached hydrogens (tertiary/aromatic N) is 2. The first-order chi connectivity index (χ1) is 7.75. The molecule has 0 saturated carbocycles. The third kappa shape index (κ3) is 1.16. The lowest BCUT2D eigenvalue weighted by atomic mass is 10.3. The molecule has 1 aromatic heterocycles. The Morgan fingerprint density at radius 3 is 3.00 bits per heavy atom. The molecule has 2 aliphatic rings. The molecule has 4 heteroatoms. The maximum Gasteiger partial charge on any atom is 0.335 e. The fourth-order valence-electron chi connectivity index (χ4n) is 1.82. The number of carboxylic acids is 1. The van der Waals surface area contributed by atoms with Crippen LogP contribution in [0.2, 0.25) is 0 Å². The normalized spacial score (nSPS) is 11.0. The average Bonchev–Trinajstić information content (AvgIpc) is 2.73. The number of hydrogen-bond donors (Lipinski definition) is 1. The van der Waals surface area contributed by atoms with Gasteiger partial charge in [0.05, 0.1) is 28.7 Å². The smallest absolute Gasteiger partial charge is 0.335 e. The molecule has 0 fully saturated rings. The molecular formula is C12H8N2O2. The summed E-state index contributed by atoms with van der Waals surface area (Å²) in [4.78, 5) is 15.1. The zero-order valence-corrected chi connectivity index (χ0v) is 8.29. The van der Waals surface area contributed by atoms with Crippen LogP contribution in [0.3, 0.4) is 0 Å². The second-order valence-corrected chi connectivity index (χ2v) is 3.57. The third-order valence-electron chi connectivity index (χ3n) is 2.58. The summed E-state index contributed by atoms with van der Waals surface area (Å²) >= 11 is 0. The van der Waals surface area contributed by atoms with Crippen LogP contribution in [0.1, 0.15) is 10.4 Å². The molecule has 2 heterocycles. The highest BCUT2D eigenvalue weighted by molar-refractivity contribution is 5.92. The third-order valence-corrected chi connectivity index (χ3v) is 2.58. The standard InChI is InChI=1S/C12H8N2O2/c15-12(16)8-5-10-11(6-8)14-4-2-1-3-9(14)7-13-10/h1-7H,(H,15,16). The number of fused-ring (bicyclic) bond motifs is 3. The van der Waals surface area contributed by atoms with E-state index >= 15 is 0 Å². The van der Waals surface area contributed by atoms with Crippen molar-refractivity contribution < 1.29 is 9.90 Å². The number of aromatic nitrogens is 2. The predicted octanol–water partition coefficient (Wildman–Crippen LogP) is 2.14. The van der Waals surface area contributed by atoms with Gasteiger partial charge >= 0.3 is 5.97 Å². The number of hydrogen-bond acceptors (Lipinski definition) is 2. The highest BCUT2D eigenvalue weighted by Crippen LogP contribution is 2.24. The summed E-state index contributed by atoms with van der Waals surface area (Å²) < 4.78 is 1.93. The Morgan fingerprint density at radius 2 is 2.19 bits per heavy atom. The van der Waals surface area contributed by atoms with Crippen molar-refractivity contribution >= 4 is 11.5 Å². The minimum atomic E-state index is -0.928. The Kier molecular flexibility index (Phi) is 1.71. The van der Waals surface area contributed by atoms with Crippen LogP contribution in [0, 0.1) is 0 Å². The van der Waals surface area contributed by atoms with E-state index in [0.29, 0.717) is 5.69 Å². The van der Waals surface area contributed by atoms with Crippen LogP contribution in [0.4, 0.5) is 0 Å². The number of carbonyl (C=O) groups is 1. The summed E-state index contributed by atoms with van der Waals surface area (Å²) in [6.45, 7) is 0. The van der Waals surface area contributed by atoms with Gasteiger partial charge in [0.1, 0.15) is 0 Å². The summed E-state index contributed by atoms with van der Waals surface area (Å²) in [5.41, 5.74) is 2.72. The number of rotatable bonds is 1. The van der Waals surface area contributed by atoms with Gasteiger partial charge in [-0.1, -0.05) is 6.07 Å². The van der Waals surface area contributed by atoms with E-state index in [1.54, 1.807) is 18.3 Å². The van der Waals surface area contributed by atoms with E-state index in [1.807, 2.05) is 28.8 Å². The van der Waals surface area contributed by atoms with Crippen LogP contribution in [0.5, 0.6) is 0 Å². The Balaban J connectivity index is 2.41. The van der Waals surface area contributed by atoms with E-state index in [-0.39, 0.29) is 5.56 Å². The van der Waals surface area contributed by atoms with Crippen LogP contribution in [-0.4, -0.2) is 20.5 Å². The first-order valence-corrected chi connectivity index (χ1v) is 4.85. The van der Waals surface area contributed by atoms with Gasteiger partial charge < -0.3 is 9.51 Å². The Labute approximate surface area is 91.1 Å². The minimum Gasteiger partial charge on any atom is -0.478 e. The van der Waals surface area contributed by atoms with Crippen LogP contribution < -0.4 is 0 Å². The quantitative estimate of drug-likeness (QED) is 0.672. The SMILES string of the molecule is O=C(O)c1cc2ncc3ccccn3c-2c1. The summed E-state index contributed by atoms with van der Waals surface area (Å²) in [6, 6.07) is 8.97. The van der Waals surface area contributed by atoms with Gasteiger partial charge in [0.2, 0.25) is 0 Å². The summed E-state index contributed by atoms with van der Waals surface area (Å²) in [7, 11) is 0. The molecule has 1 aliphatic heterocycles. The second-order valence-electron chi connectivity index (χ2n) is 3.57. The number of pyridine rings is 1. The summed E-state index contributed by atoms with van der Waals surface area (Å²) in [5, 5.41) is 8.92. The number of aromatic carboxylic acids is 1. The van der Waals surface area contributed by atoms with E-state index in [9.17, 15) is 4.79 Å². The van der Waals surface area contributed by atoms with Crippen molar-refractivity contribution in [3.8, 4) is 11.4 Å². The molecule has 0 saturated heterocycles. The molecule has 16 heavy (non-hydrogen) atoms. The molecule has 0 unspecified atom stereocenters. The minimum absolute atomic E-state index is 0.270. The number of carboxylic acid groups (broad SMARTS) is 1. The van der Waals surface area contributed by atoms with Gasteiger partial charge in [0.15, 0.2) is 0 Å². The topological polar surface area (TPSA) is 54.6 Å². The van der Waals surface area contributed by atoms with Crippen LogP contribution in [0.15, 0.2) is 42.7 Å². The predicted molar refractivity (Wildman–Crippen MR) is 58.8 cm³/mol. The van der Waals surface area contributed by atoms with Crippen molar-refractivity contribution in [2.45, 2.75) is 0 Å². The van der Waals surface area contributed by atoms with Crippen molar-refractivity contribution in [3.05, 3.63) is 48.3 Å². The Hall–Kier alpha value is -2.36. The van der Waals surface area contributed by atoms with E-state index in [0.717, 1.165) is 11.2 Å². The fraction of sp³-hybridized carbons (Fsp3) is 0. The van der Waals surface area contributed by atoms with Crippen molar-refractivity contribution in [1.29, 1.82) is 0 Å². The first-order valence-electron chi connectivity index (χ1n) is 4.85. The van der Waals surface area contributed by atoms with E-state index < -0.39 is 5.97 Å². The monoisotopic (exact) mass is 212 g/mol. The first kappa shape index (κ1) is 8.91. The van der Waals surface area contributed by atoms with Crippen LogP contribution >= 0.6 is 0 Å². The largest absolute Gasteiger partial charge is 0.478 e. The van der Waals surface area contributed by atoms with Crippen molar-refractivity contribution in [1.82, 2.24) is 9.38 Å². The van der Waals surface area contributed by atoms with Crippen molar-refractivity contribution in [3.63, 3.8) is 0 Å². The molecule has 0 amide bonds. The van der Waals surface area contributed by atoms with E-state index in [4.69, 9.17) is 5.11 Å². The molecule has 0 aromatic carbocycles. The molecule has 0 spiro atoms. The molecule has 0 atom stereocenters. The summed E-state index contributed by atoms with van der Waals surface area (Å²) in [5.74, 6) is -0.928. The van der Waals surface area contributed by atoms with E-state index in [1.165, 1.54) is 0 Å². The zero-order valence-electron chi connectivity index (χ0n) is 8.29. The Morgan fingerprint density at radius 1 is 1.31 bits per heavy atom. The van der Waals surface area contributed by atoms with Crippen LogP contribution in [-0.2, 0) is 0 Å². The molecule has 0 radical (unpaired) electrons.